The van der Waals surface area contributed by atoms with Crippen molar-refractivity contribution in [2.75, 3.05) is 6.61 Å². The first-order chi connectivity index (χ1) is 33.0. The Morgan fingerprint density at radius 3 is 1.18 bits per heavy atom. The predicted octanol–water partition coefficient (Wildman–Crippen LogP) is 18.4. The molecule has 0 aliphatic rings. The minimum atomic E-state index is -0.788. The fourth-order valence-corrected chi connectivity index (χ4v) is 9.20. The first-order valence-electron chi connectivity index (χ1n) is 29.7. The molecule has 0 aliphatic heterocycles. The highest BCUT2D eigenvalue weighted by Crippen LogP contribution is 2.19. The number of carbonyl (C=O) groups excluding carboxylic acids is 2. The van der Waals surface area contributed by atoms with Gasteiger partial charge in [0.2, 0.25) is 5.91 Å². The van der Waals surface area contributed by atoms with E-state index < -0.39 is 18.2 Å². The average Bonchev–Trinajstić information content (AvgIpc) is 3.32. The maximum Gasteiger partial charge on any atom is 0.306 e. The second-order valence-corrected chi connectivity index (χ2v) is 20.4. The molecule has 0 saturated carbocycles. The largest absolute Gasteiger partial charge is 0.462 e. The van der Waals surface area contributed by atoms with Crippen molar-refractivity contribution >= 4 is 11.9 Å². The van der Waals surface area contributed by atoms with Gasteiger partial charge in [0.05, 0.1) is 25.2 Å². The van der Waals surface area contributed by atoms with Crippen LogP contribution in [0.25, 0.3) is 0 Å². The molecule has 6 nitrogen and oxygen atoms in total. The molecule has 394 valence electrons. The second-order valence-electron chi connectivity index (χ2n) is 20.4. The summed E-state index contributed by atoms with van der Waals surface area (Å²) >= 11 is 0. The first-order valence-corrected chi connectivity index (χ1v) is 29.7. The number of ether oxygens (including phenoxy) is 1. The van der Waals surface area contributed by atoms with Gasteiger partial charge in [-0.15, -0.1) is 0 Å². The Morgan fingerprint density at radius 1 is 0.433 bits per heavy atom. The fraction of sp³-hybridized carbons (Fsp3) is 0.869. The van der Waals surface area contributed by atoms with Crippen molar-refractivity contribution in [3.05, 3.63) is 36.5 Å². The topological polar surface area (TPSA) is 95.9 Å². The Labute approximate surface area is 417 Å². The van der Waals surface area contributed by atoms with E-state index >= 15 is 0 Å². The van der Waals surface area contributed by atoms with Crippen LogP contribution >= 0.6 is 0 Å². The number of hydrogen-bond acceptors (Lipinski definition) is 5. The molecule has 67 heavy (non-hydrogen) atoms. The van der Waals surface area contributed by atoms with E-state index in [1.54, 1.807) is 0 Å². The average molecular weight is 943 g/mol. The van der Waals surface area contributed by atoms with Crippen molar-refractivity contribution < 1.29 is 24.5 Å². The van der Waals surface area contributed by atoms with Gasteiger partial charge in [0.1, 0.15) is 6.10 Å². The third-order valence-electron chi connectivity index (χ3n) is 13.7. The molecule has 0 saturated heterocycles. The van der Waals surface area contributed by atoms with Crippen LogP contribution in [0.15, 0.2) is 36.5 Å². The van der Waals surface area contributed by atoms with Crippen LogP contribution in [0.1, 0.15) is 316 Å². The zero-order chi connectivity index (χ0) is 48.8. The molecule has 6 heteroatoms. The number of rotatable bonds is 54. The normalized spacial score (nSPS) is 13.3. The number of aliphatic hydroxyl groups excluding tert-OH is 2. The van der Waals surface area contributed by atoms with Crippen LogP contribution in [0.4, 0.5) is 0 Å². The number of carbonyl (C=O) groups is 2. The van der Waals surface area contributed by atoms with Crippen LogP contribution in [0, 0.1) is 0 Å². The molecule has 3 unspecified atom stereocenters. The summed E-state index contributed by atoms with van der Waals surface area (Å²) in [6.45, 7) is 6.49. The summed E-state index contributed by atoms with van der Waals surface area (Å²) in [6, 6.07) is -0.702. The summed E-state index contributed by atoms with van der Waals surface area (Å²) in [5.74, 6) is -0.470. The lowest BCUT2D eigenvalue weighted by atomic mass is 10.0. The van der Waals surface area contributed by atoms with Gasteiger partial charge in [0.15, 0.2) is 0 Å². The second kappa shape index (κ2) is 55.0. The van der Waals surface area contributed by atoms with E-state index in [9.17, 15) is 19.8 Å². The van der Waals surface area contributed by atoms with Crippen molar-refractivity contribution in [3.8, 4) is 0 Å². The Hall–Kier alpha value is -1.92. The highest BCUT2D eigenvalue weighted by Gasteiger charge is 2.24. The molecule has 0 aromatic heterocycles. The summed E-state index contributed by atoms with van der Waals surface area (Å²) in [4.78, 5) is 26.3. The molecule has 1 amide bonds. The van der Waals surface area contributed by atoms with Crippen LogP contribution in [0.2, 0.25) is 0 Å². The lowest BCUT2D eigenvalue weighted by Crippen LogP contribution is -2.46. The van der Waals surface area contributed by atoms with Gasteiger partial charge in [-0.05, 0) is 64.2 Å². The van der Waals surface area contributed by atoms with Gasteiger partial charge >= 0.3 is 5.97 Å². The van der Waals surface area contributed by atoms with Crippen molar-refractivity contribution in [3.63, 3.8) is 0 Å². The Balaban J connectivity index is 4.52. The van der Waals surface area contributed by atoms with Gasteiger partial charge in [-0.2, -0.15) is 0 Å². The first kappa shape index (κ1) is 65.1. The van der Waals surface area contributed by atoms with Gasteiger partial charge in [0.25, 0.3) is 0 Å². The smallest absolute Gasteiger partial charge is 0.306 e. The molecule has 0 rings (SSSR count). The summed E-state index contributed by atoms with van der Waals surface area (Å²) < 4.78 is 5.97. The van der Waals surface area contributed by atoms with E-state index in [1.165, 1.54) is 205 Å². The van der Waals surface area contributed by atoms with E-state index in [-0.39, 0.29) is 24.9 Å². The van der Waals surface area contributed by atoms with Crippen molar-refractivity contribution in [2.45, 2.75) is 334 Å². The zero-order valence-corrected chi connectivity index (χ0v) is 45.0. The number of amides is 1. The summed E-state index contributed by atoms with van der Waals surface area (Å²) in [7, 11) is 0. The van der Waals surface area contributed by atoms with Crippen LogP contribution in [-0.4, -0.2) is 46.9 Å². The molecule has 3 N–H and O–H groups in total. The maximum absolute atomic E-state index is 13.3. The number of esters is 1. The van der Waals surface area contributed by atoms with Gasteiger partial charge in [-0.25, -0.2) is 0 Å². The van der Waals surface area contributed by atoms with Crippen LogP contribution < -0.4 is 5.32 Å². The highest BCUT2D eigenvalue weighted by molar-refractivity contribution is 5.77. The minimum Gasteiger partial charge on any atom is -0.462 e. The zero-order valence-electron chi connectivity index (χ0n) is 45.0. The van der Waals surface area contributed by atoms with E-state index in [2.05, 4.69) is 62.5 Å². The number of unbranched alkanes of at least 4 members (excludes halogenated alkanes) is 36. The van der Waals surface area contributed by atoms with Gasteiger partial charge in [-0.1, -0.05) is 276 Å². The Morgan fingerprint density at radius 2 is 0.761 bits per heavy atom. The molecule has 0 fully saturated rings. The minimum absolute atomic E-state index is 0.0770. The molecule has 3 atom stereocenters. The number of nitrogens with one attached hydrogen (secondary N) is 1. The van der Waals surface area contributed by atoms with E-state index in [0.717, 1.165) is 64.2 Å². The Kier molecular flexibility index (Phi) is 53.4. The molecular formula is C61H115NO5. The molecular weight excluding hydrogens is 827 g/mol. The number of allylic oxidation sites excluding steroid dienone is 6. The fourth-order valence-electron chi connectivity index (χ4n) is 9.20. The van der Waals surface area contributed by atoms with E-state index in [0.29, 0.717) is 19.3 Å². The van der Waals surface area contributed by atoms with Gasteiger partial charge < -0.3 is 20.3 Å². The van der Waals surface area contributed by atoms with Crippen LogP contribution in [0.3, 0.4) is 0 Å². The quantitative estimate of drug-likeness (QED) is 0.0321. The van der Waals surface area contributed by atoms with Gasteiger partial charge in [-0.3, -0.25) is 9.59 Å². The third kappa shape index (κ3) is 50.3. The standard InChI is InChI=1S/C61H115NO5/c1-4-7-10-13-16-19-22-25-28-29-30-31-33-36-39-42-45-48-51-54-61(66)67-57(52-49-46-43-40-37-34-27-24-21-18-15-12-9-6-3)55-60(65)62-58(56-63)59(64)53-50-47-44-41-38-35-32-26-23-20-17-14-11-8-5-2/h16,19,25,28,30-31,57-59,63-64H,4-15,17-18,20-24,26-27,29,32-56H2,1-3H3,(H,62,65)/b19-16-,28-25-,31-30-. The number of hydrogen-bond donors (Lipinski definition) is 3. The molecule has 0 aromatic carbocycles. The van der Waals surface area contributed by atoms with Gasteiger partial charge in [0, 0.05) is 6.42 Å². The van der Waals surface area contributed by atoms with E-state index in [1.807, 2.05) is 0 Å². The number of aliphatic hydroxyl groups is 2. The summed E-state index contributed by atoms with van der Waals surface area (Å²) in [5.41, 5.74) is 0. The maximum atomic E-state index is 13.3. The third-order valence-corrected chi connectivity index (χ3v) is 13.7. The van der Waals surface area contributed by atoms with Crippen molar-refractivity contribution in [1.29, 1.82) is 0 Å². The van der Waals surface area contributed by atoms with Crippen molar-refractivity contribution in [2.24, 2.45) is 0 Å². The molecule has 0 bridgehead atoms. The monoisotopic (exact) mass is 942 g/mol. The lowest BCUT2D eigenvalue weighted by Gasteiger charge is -2.24. The van der Waals surface area contributed by atoms with E-state index in [4.69, 9.17) is 4.74 Å². The summed E-state index contributed by atoms with van der Waals surface area (Å²) in [6.07, 6.45) is 66.3. The molecule has 0 radical (unpaired) electrons. The molecule has 0 aliphatic carbocycles. The molecule has 0 spiro atoms. The van der Waals surface area contributed by atoms with Crippen LogP contribution in [-0.2, 0) is 14.3 Å². The SMILES string of the molecule is CCCCC/C=C\C/C=C\C/C=C\CCCCCCCCC(=O)OC(CCCCCCCCCCCCCCCC)CC(=O)NC(CO)C(O)CCCCCCCCCCCCCCCCC. The Bertz CT molecular complexity index is 1100. The summed E-state index contributed by atoms with van der Waals surface area (Å²) in [5, 5.41) is 23.9. The lowest BCUT2D eigenvalue weighted by molar-refractivity contribution is -0.151. The molecule has 0 aromatic rings. The predicted molar refractivity (Wildman–Crippen MR) is 292 cm³/mol. The molecule has 0 heterocycles. The van der Waals surface area contributed by atoms with Crippen LogP contribution in [0.5, 0.6) is 0 Å². The van der Waals surface area contributed by atoms with Crippen molar-refractivity contribution in [1.82, 2.24) is 5.32 Å². The highest BCUT2D eigenvalue weighted by atomic mass is 16.5.